The third-order valence-electron chi connectivity index (χ3n) is 5.59. The Balaban J connectivity index is 1.42. The normalized spacial score (nSPS) is 20.9. The molecule has 2 radical (unpaired) electrons. The summed E-state index contributed by atoms with van der Waals surface area (Å²) in [6.45, 7) is 2.23. The molecule has 0 atom stereocenters. The van der Waals surface area contributed by atoms with E-state index in [9.17, 15) is 4.79 Å². The van der Waals surface area contributed by atoms with Crippen LogP contribution in [0.4, 0.5) is 0 Å². The lowest BCUT2D eigenvalue weighted by molar-refractivity contribution is -0.111. The molecule has 0 aliphatic heterocycles. The van der Waals surface area contributed by atoms with Crippen molar-refractivity contribution >= 4 is 5.78 Å². The van der Waals surface area contributed by atoms with Gasteiger partial charge in [0.1, 0.15) is 0 Å². The van der Waals surface area contributed by atoms with Crippen molar-refractivity contribution in [3.63, 3.8) is 0 Å². The molecule has 1 aromatic carbocycles. The standard InChI is InChI=1S/C29H28O/c1-2-3-6-22-9-12-24(13-10-22)14-11-23-7-4-5-8-25(16-15-23)21-28(26-17-18-26)29(30)27-19-20-27/h5,7,9-10,12-13,15-21H,2-3,6,8,11,14H2,1H3/b23-15+,25-16+,28-21+. The number of aryl methyl sites for hydroxylation is 2. The summed E-state index contributed by atoms with van der Waals surface area (Å²) in [4.78, 5) is 12.5. The number of hydrogen-bond donors (Lipinski definition) is 0. The third kappa shape index (κ3) is 5.81. The maximum absolute atomic E-state index is 12.5. The van der Waals surface area contributed by atoms with Crippen LogP contribution < -0.4 is 0 Å². The Kier molecular flexibility index (Phi) is 6.62. The molecule has 1 aromatic rings. The molecular formula is C29H28O. The van der Waals surface area contributed by atoms with Crippen LogP contribution in [0.3, 0.4) is 0 Å². The summed E-state index contributed by atoms with van der Waals surface area (Å²) in [5, 5.41) is 0. The lowest BCUT2D eigenvalue weighted by atomic mass is 9.98. The fraction of sp³-hybridized carbons (Fsp3) is 0.241. The molecule has 150 valence electrons. The molecule has 0 saturated heterocycles. The highest BCUT2D eigenvalue weighted by atomic mass is 16.1. The van der Waals surface area contributed by atoms with Crippen molar-refractivity contribution in [1.82, 2.24) is 0 Å². The molecular weight excluding hydrogens is 364 g/mol. The minimum absolute atomic E-state index is 0.129. The molecule has 0 amide bonds. The summed E-state index contributed by atoms with van der Waals surface area (Å²) in [6, 6.07) is 9.06. The predicted molar refractivity (Wildman–Crippen MR) is 125 cm³/mol. The van der Waals surface area contributed by atoms with Crippen LogP contribution in [0.25, 0.3) is 0 Å². The number of carbonyl (C=O) groups excluding carboxylic acids is 1. The minimum atomic E-state index is 0.129. The van der Waals surface area contributed by atoms with E-state index in [0.29, 0.717) is 0 Å². The van der Waals surface area contributed by atoms with Gasteiger partial charge in [0.2, 0.25) is 0 Å². The van der Waals surface area contributed by atoms with Gasteiger partial charge in [0, 0.05) is 24.0 Å². The van der Waals surface area contributed by atoms with Gasteiger partial charge in [0.15, 0.2) is 5.78 Å². The Morgan fingerprint density at radius 3 is 2.30 bits per heavy atom. The van der Waals surface area contributed by atoms with Crippen LogP contribution in [0, 0.1) is 12.8 Å². The van der Waals surface area contributed by atoms with Gasteiger partial charge in [-0.3, -0.25) is 4.79 Å². The van der Waals surface area contributed by atoms with Crippen molar-refractivity contribution in [1.29, 1.82) is 0 Å². The van der Waals surface area contributed by atoms with E-state index >= 15 is 0 Å². The molecule has 0 saturated carbocycles. The number of unbranched alkanes of at least 4 members (excludes halogenated alkanes) is 1. The first-order chi connectivity index (χ1) is 14.7. The first-order valence-electron chi connectivity index (χ1n) is 11.0. The maximum atomic E-state index is 12.5. The van der Waals surface area contributed by atoms with Gasteiger partial charge in [-0.05, 0) is 78.2 Å². The van der Waals surface area contributed by atoms with Crippen LogP contribution in [-0.4, -0.2) is 5.78 Å². The monoisotopic (exact) mass is 392 g/mol. The summed E-state index contributed by atoms with van der Waals surface area (Å²) >= 11 is 0. The topological polar surface area (TPSA) is 17.1 Å². The molecule has 0 heterocycles. The molecule has 0 aromatic heterocycles. The van der Waals surface area contributed by atoms with Crippen molar-refractivity contribution in [2.24, 2.45) is 0 Å². The molecule has 0 unspecified atom stereocenters. The lowest BCUT2D eigenvalue weighted by Crippen LogP contribution is -2.00. The minimum Gasteiger partial charge on any atom is -0.289 e. The smallest absolute Gasteiger partial charge is 0.189 e. The number of carbonyl (C=O) groups is 1. The number of rotatable bonds is 10. The van der Waals surface area contributed by atoms with Crippen LogP contribution >= 0.6 is 0 Å². The zero-order valence-corrected chi connectivity index (χ0v) is 17.7. The SMILES string of the molecule is CCCCc1ccc(CC/C2=C/C=C(/C=C(/C(=O)C3=C[CH]3)C3=C[CH]3)CC=C=C2)cc1. The fourth-order valence-corrected chi connectivity index (χ4v) is 3.51. The molecule has 0 N–H and O–H groups in total. The van der Waals surface area contributed by atoms with E-state index in [1.807, 2.05) is 37.1 Å². The van der Waals surface area contributed by atoms with E-state index in [-0.39, 0.29) is 5.78 Å². The molecule has 3 aliphatic rings. The van der Waals surface area contributed by atoms with Gasteiger partial charge in [-0.25, -0.2) is 0 Å². The summed E-state index contributed by atoms with van der Waals surface area (Å²) in [7, 11) is 0. The second-order valence-electron chi connectivity index (χ2n) is 8.09. The van der Waals surface area contributed by atoms with E-state index in [0.717, 1.165) is 41.6 Å². The van der Waals surface area contributed by atoms with Crippen molar-refractivity contribution in [3.05, 3.63) is 124 Å². The lowest BCUT2D eigenvalue weighted by Gasteiger charge is -2.07. The Labute approximate surface area is 180 Å². The molecule has 0 bridgehead atoms. The van der Waals surface area contributed by atoms with Gasteiger partial charge in [-0.1, -0.05) is 61.9 Å². The van der Waals surface area contributed by atoms with Crippen LogP contribution in [0.1, 0.15) is 43.7 Å². The average molecular weight is 393 g/mol. The quantitative estimate of drug-likeness (QED) is 0.319. The molecule has 0 fully saturated rings. The molecule has 1 heteroatoms. The van der Waals surface area contributed by atoms with Gasteiger partial charge < -0.3 is 0 Å². The van der Waals surface area contributed by atoms with E-state index in [1.165, 1.54) is 36.0 Å². The number of hydrogen-bond acceptors (Lipinski definition) is 1. The van der Waals surface area contributed by atoms with Gasteiger partial charge >= 0.3 is 0 Å². The number of benzene rings is 1. The van der Waals surface area contributed by atoms with E-state index < -0.39 is 0 Å². The fourth-order valence-electron chi connectivity index (χ4n) is 3.51. The summed E-state index contributed by atoms with van der Waals surface area (Å²) < 4.78 is 0. The molecule has 3 aliphatic carbocycles. The molecule has 1 nitrogen and oxygen atoms in total. The number of Topliss-reactive ketones (excluding diaryl/α,β-unsaturated/α-hetero) is 1. The Morgan fingerprint density at radius 2 is 1.63 bits per heavy atom. The highest BCUT2D eigenvalue weighted by Gasteiger charge is 2.27. The Bertz CT molecular complexity index is 1030. The van der Waals surface area contributed by atoms with Gasteiger partial charge in [0.05, 0.1) is 0 Å². The van der Waals surface area contributed by atoms with Gasteiger partial charge in [-0.2, -0.15) is 0 Å². The van der Waals surface area contributed by atoms with Crippen molar-refractivity contribution in [2.75, 3.05) is 0 Å². The van der Waals surface area contributed by atoms with Crippen molar-refractivity contribution < 1.29 is 4.79 Å². The molecule has 4 rings (SSSR count). The first-order valence-corrected chi connectivity index (χ1v) is 11.0. The van der Waals surface area contributed by atoms with Crippen molar-refractivity contribution in [3.8, 4) is 0 Å². The summed E-state index contributed by atoms with van der Waals surface area (Å²) in [5.74, 6) is 0.129. The van der Waals surface area contributed by atoms with E-state index in [2.05, 4.69) is 55.1 Å². The van der Waals surface area contributed by atoms with Crippen LogP contribution in [0.15, 0.2) is 100 Å². The van der Waals surface area contributed by atoms with Crippen LogP contribution in [0.5, 0.6) is 0 Å². The summed E-state index contributed by atoms with van der Waals surface area (Å²) in [6.07, 6.45) is 24.7. The van der Waals surface area contributed by atoms with E-state index in [1.54, 1.807) is 0 Å². The highest BCUT2D eigenvalue weighted by Crippen LogP contribution is 2.33. The second kappa shape index (κ2) is 9.74. The van der Waals surface area contributed by atoms with Gasteiger partial charge in [0.25, 0.3) is 0 Å². The third-order valence-corrected chi connectivity index (χ3v) is 5.59. The molecule has 0 spiro atoms. The first kappa shape index (κ1) is 20.4. The zero-order valence-electron chi connectivity index (χ0n) is 17.7. The Morgan fingerprint density at radius 1 is 0.933 bits per heavy atom. The number of allylic oxidation sites excluding steroid dienone is 11. The maximum Gasteiger partial charge on any atom is 0.189 e. The van der Waals surface area contributed by atoms with Crippen molar-refractivity contribution in [2.45, 2.75) is 45.4 Å². The van der Waals surface area contributed by atoms with Crippen LogP contribution in [-0.2, 0) is 17.6 Å². The highest BCUT2D eigenvalue weighted by molar-refractivity contribution is 6.17. The predicted octanol–water partition coefficient (Wildman–Crippen LogP) is 6.71. The average Bonchev–Trinajstić information content (AvgIpc) is 3.64. The van der Waals surface area contributed by atoms with Crippen LogP contribution in [0.2, 0.25) is 0 Å². The number of ketones is 1. The largest absolute Gasteiger partial charge is 0.289 e. The van der Waals surface area contributed by atoms with Gasteiger partial charge in [-0.15, -0.1) is 5.73 Å². The Hall–Kier alpha value is -2.89. The molecule has 30 heavy (non-hydrogen) atoms. The zero-order chi connectivity index (χ0) is 20.8. The second-order valence-corrected chi connectivity index (χ2v) is 8.09. The summed E-state index contributed by atoms with van der Waals surface area (Å²) in [5.41, 5.74) is 11.2. The van der Waals surface area contributed by atoms with E-state index in [4.69, 9.17) is 0 Å².